The number of hydrogen-bond acceptors (Lipinski definition) is 3. The van der Waals surface area contributed by atoms with Crippen LogP contribution >= 0.6 is 24.0 Å². The molecule has 0 aliphatic heterocycles. The Morgan fingerprint density at radius 1 is 1.30 bits per heavy atom. The van der Waals surface area contributed by atoms with E-state index in [9.17, 15) is 13.2 Å². The summed E-state index contributed by atoms with van der Waals surface area (Å²) < 4.78 is 41.6. The molecule has 5 nitrogen and oxygen atoms in total. The molecule has 0 saturated carbocycles. The number of pyridine rings is 1. The minimum atomic E-state index is -4.18. The number of alkyl halides is 3. The summed E-state index contributed by atoms with van der Waals surface area (Å²) in [6.07, 6.45) is -3.39. The van der Waals surface area contributed by atoms with Crippen molar-refractivity contribution in [3.8, 4) is 5.88 Å². The van der Waals surface area contributed by atoms with E-state index in [1.807, 2.05) is 19.9 Å². The highest BCUT2D eigenvalue weighted by Crippen LogP contribution is 2.18. The Labute approximate surface area is 151 Å². The molecule has 1 heterocycles. The largest absolute Gasteiger partial charge is 0.475 e. The number of rotatable bonds is 6. The lowest BCUT2D eigenvalue weighted by atomic mass is 10.3. The second-order valence-corrected chi connectivity index (χ2v) is 4.89. The molecule has 1 rings (SSSR count). The van der Waals surface area contributed by atoms with Gasteiger partial charge in [-0.2, -0.15) is 13.2 Å². The van der Waals surface area contributed by atoms with Crippen molar-refractivity contribution in [2.24, 2.45) is 4.99 Å². The SMILES string of the molecule is CN=C(NCCC(F)(F)F)NCc1ccc(OC(C)C)nc1.I. The third kappa shape index (κ3) is 10.2. The van der Waals surface area contributed by atoms with Gasteiger partial charge in [-0.25, -0.2) is 4.98 Å². The molecule has 0 atom stereocenters. The van der Waals surface area contributed by atoms with Crippen LogP contribution in [0, 0.1) is 0 Å². The first-order chi connectivity index (χ1) is 10.3. The van der Waals surface area contributed by atoms with Crippen molar-refractivity contribution >= 4 is 29.9 Å². The van der Waals surface area contributed by atoms with Gasteiger partial charge < -0.3 is 15.4 Å². The normalized spacial score (nSPS) is 11.9. The van der Waals surface area contributed by atoms with Gasteiger partial charge in [-0.05, 0) is 19.4 Å². The number of nitrogens with one attached hydrogen (secondary N) is 2. The fourth-order valence-corrected chi connectivity index (χ4v) is 1.56. The third-order valence-electron chi connectivity index (χ3n) is 2.54. The van der Waals surface area contributed by atoms with Crippen LogP contribution in [0.3, 0.4) is 0 Å². The lowest BCUT2D eigenvalue weighted by Gasteiger charge is -2.13. The molecule has 0 bridgehead atoms. The summed E-state index contributed by atoms with van der Waals surface area (Å²) in [5, 5.41) is 5.53. The van der Waals surface area contributed by atoms with Crippen molar-refractivity contribution < 1.29 is 17.9 Å². The molecule has 0 fully saturated rings. The van der Waals surface area contributed by atoms with Crippen molar-refractivity contribution in [3.05, 3.63) is 23.9 Å². The van der Waals surface area contributed by atoms with Crippen molar-refractivity contribution in [2.75, 3.05) is 13.6 Å². The van der Waals surface area contributed by atoms with E-state index in [-0.39, 0.29) is 36.6 Å². The van der Waals surface area contributed by atoms with E-state index in [1.165, 1.54) is 7.05 Å². The van der Waals surface area contributed by atoms with E-state index in [0.29, 0.717) is 18.4 Å². The number of aromatic nitrogens is 1. The van der Waals surface area contributed by atoms with E-state index in [2.05, 4.69) is 20.6 Å². The van der Waals surface area contributed by atoms with Crippen LogP contribution in [0.5, 0.6) is 5.88 Å². The van der Waals surface area contributed by atoms with Gasteiger partial charge in [0.1, 0.15) is 0 Å². The molecule has 23 heavy (non-hydrogen) atoms. The number of ether oxygens (including phenoxy) is 1. The van der Waals surface area contributed by atoms with Crippen molar-refractivity contribution in [3.63, 3.8) is 0 Å². The van der Waals surface area contributed by atoms with Gasteiger partial charge in [-0.3, -0.25) is 4.99 Å². The predicted molar refractivity (Wildman–Crippen MR) is 94.3 cm³/mol. The monoisotopic (exact) mass is 446 g/mol. The van der Waals surface area contributed by atoms with E-state index in [1.54, 1.807) is 12.3 Å². The Morgan fingerprint density at radius 3 is 2.48 bits per heavy atom. The van der Waals surface area contributed by atoms with Crippen LogP contribution in [0.1, 0.15) is 25.8 Å². The van der Waals surface area contributed by atoms with Crippen LogP contribution in [0.4, 0.5) is 13.2 Å². The highest BCUT2D eigenvalue weighted by molar-refractivity contribution is 14.0. The fourth-order valence-electron chi connectivity index (χ4n) is 1.56. The predicted octanol–water partition coefficient (Wildman–Crippen LogP) is 3.10. The Kier molecular flexibility index (Phi) is 9.93. The summed E-state index contributed by atoms with van der Waals surface area (Å²) in [4.78, 5) is 8.01. The van der Waals surface area contributed by atoms with Crippen LogP contribution in [0.2, 0.25) is 0 Å². The van der Waals surface area contributed by atoms with Gasteiger partial charge in [0.05, 0.1) is 12.5 Å². The van der Waals surface area contributed by atoms with Gasteiger partial charge in [-0.15, -0.1) is 24.0 Å². The summed E-state index contributed by atoms with van der Waals surface area (Å²) >= 11 is 0. The first kappa shape index (κ1) is 21.7. The summed E-state index contributed by atoms with van der Waals surface area (Å²) in [6, 6.07) is 3.58. The molecule has 0 radical (unpaired) electrons. The summed E-state index contributed by atoms with van der Waals surface area (Å²) in [5.41, 5.74) is 0.870. The van der Waals surface area contributed by atoms with Gasteiger partial charge in [0, 0.05) is 32.4 Å². The molecule has 0 amide bonds. The maximum Gasteiger partial charge on any atom is 0.390 e. The second-order valence-electron chi connectivity index (χ2n) is 4.89. The number of nitrogens with zero attached hydrogens (tertiary/aromatic N) is 2. The van der Waals surface area contributed by atoms with Crippen LogP contribution in [0.15, 0.2) is 23.3 Å². The van der Waals surface area contributed by atoms with E-state index < -0.39 is 12.6 Å². The Hall–Kier alpha value is -1.26. The van der Waals surface area contributed by atoms with Gasteiger partial charge in [0.15, 0.2) is 5.96 Å². The van der Waals surface area contributed by atoms with Crippen molar-refractivity contribution in [1.82, 2.24) is 15.6 Å². The van der Waals surface area contributed by atoms with Crippen LogP contribution < -0.4 is 15.4 Å². The zero-order valence-corrected chi connectivity index (χ0v) is 15.6. The highest BCUT2D eigenvalue weighted by Gasteiger charge is 2.26. The first-order valence-corrected chi connectivity index (χ1v) is 6.93. The van der Waals surface area contributed by atoms with Crippen LogP contribution in [-0.2, 0) is 6.54 Å². The minimum Gasteiger partial charge on any atom is -0.475 e. The molecular weight excluding hydrogens is 424 g/mol. The molecule has 0 aromatic carbocycles. The van der Waals surface area contributed by atoms with Crippen LogP contribution in [0.25, 0.3) is 0 Å². The lowest BCUT2D eigenvalue weighted by molar-refractivity contribution is -0.132. The van der Waals surface area contributed by atoms with E-state index in [4.69, 9.17) is 4.74 Å². The second kappa shape index (κ2) is 10.5. The average Bonchev–Trinajstić information content (AvgIpc) is 2.42. The van der Waals surface area contributed by atoms with Crippen molar-refractivity contribution in [2.45, 2.75) is 39.1 Å². The molecular formula is C14H22F3IN4O. The molecule has 0 spiro atoms. The lowest BCUT2D eigenvalue weighted by Crippen LogP contribution is -2.38. The van der Waals surface area contributed by atoms with Gasteiger partial charge >= 0.3 is 6.18 Å². The Bertz CT molecular complexity index is 478. The topological polar surface area (TPSA) is 58.5 Å². The number of guanidine groups is 1. The first-order valence-electron chi connectivity index (χ1n) is 6.93. The molecule has 2 N–H and O–H groups in total. The third-order valence-corrected chi connectivity index (χ3v) is 2.54. The van der Waals surface area contributed by atoms with Crippen LogP contribution in [-0.4, -0.2) is 36.8 Å². The summed E-state index contributed by atoms with van der Waals surface area (Å²) in [7, 11) is 1.50. The molecule has 1 aromatic heterocycles. The molecule has 0 saturated heterocycles. The summed E-state index contributed by atoms with van der Waals surface area (Å²) in [5.74, 6) is 0.846. The molecule has 1 aromatic rings. The quantitative estimate of drug-likeness (QED) is 0.401. The fraction of sp³-hybridized carbons (Fsp3) is 0.571. The van der Waals surface area contributed by atoms with Gasteiger partial charge in [-0.1, -0.05) is 6.07 Å². The zero-order chi connectivity index (χ0) is 16.6. The van der Waals surface area contributed by atoms with E-state index >= 15 is 0 Å². The highest BCUT2D eigenvalue weighted by atomic mass is 127. The number of halogens is 4. The average molecular weight is 446 g/mol. The van der Waals surface area contributed by atoms with E-state index in [0.717, 1.165) is 5.56 Å². The van der Waals surface area contributed by atoms with Crippen molar-refractivity contribution in [1.29, 1.82) is 0 Å². The summed E-state index contributed by atoms with van der Waals surface area (Å²) in [6.45, 7) is 4.00. The maximum absolute atomic E-state index is 12.1. The molecule has 0 unspecified atom stereocenters. The standard InChI is InChI=1S/C14H21F3N4O.HI/c1-10(2)22-12-5-4-11(8-20-12)9-21-13(18-3)19-7-6-14(15,16)17;/h4-5,8,10H,6-7,9H2,1-3H3,(H2,18,19,21);1H. The molecule has 0 aliphatic rings. The molecule has 0 aliphatic carbocycles. The van der Waals surface area contributed by atoms with Gasteiger partial charge in [0.25, 0.3) is 0 Å². The molecule has 132 valence electrons. The van der Waals surface area contributed by atoms with Gasteiger partial charge in [0.2, 0.25) is 5.88 Å². The smallest absolute Gasteiger partial charge is 0.390 e. The number of hydrogen-bond donors (Lipinski definition) is 2. The Morgan fingerprint density at radius 2 is 2.00 bits per heavy atom. The maximum atomic E-state index is 12.1. The minimum absolute atomic E-state index is 0. The number of aliphatic imine (C=N–C) groups is 1. The zero-order valence-electron chi connectivity index (χ0n) is 13.3. The Balaban J connectivity index is 0.00000484. The molecule has 9 heteroatoms.